The van der Waals surface area contributed by atoms with Gasteiger partial charge in [-0.15, -0.1) is 0 Å². The van der Waals surface area contributed by atoms with E-state index in [-0.39, 0.29) is 24.5 Å². The maximum atomic E-state index is 12.7. The summed E-state index contributed by atoms with van der Waals surface area (Å²) >= 11 is 0. The number of carbonyl (C=O) groups excluding carboxylic acids is 2. The third kappa shape index (κ3) is 6.93. The number of piperidine rings is 1. The van der Waals surface area contributed by atoms with Gasteiger partial charge in [0, 0.05) is 71.0 Å². The van der Waals surface area contributed by atoms with Crippen LogP contribution in [0.5, 0.6) is 0 Å². The van der Waals surface area contributed by atoms with Gasteiger partial charge in [-0.2, -0.15) is 0 Å². The molecule has 2 fully saturated rings. The van der Waals surface area contributed by atoms with Gasteiger partial charge >= 0.3 is 0 Å². The zero-order valence-corrected chi connectivity index (χ0v) is 17.8. The summed E-state index contributed by atoms with van der Waals surface area (Å²) in [4.78, 5) is 34.9. The molecule has 9 nitrogen and oxygen atoms in total. The summed E-state index contributed by atoms with van der Waals surface area (Å²) in [6, 6.07) is 4.05. The highest BCUT2D eigenvalue weighted by atomic mass is 16.5. The fourth-order valence-corrected chi connectivity index (χ4v) is 3.82. The van der Waals surface area contributed by atoms with Crippen molar-refractivity contribution in [2.45, 2.75) is 18.9 Å². The van der Waals surface area contributed by atoms with Crippen molar-refractivity contribution in [1.82, 2.24) is 20.1 Å². The third-order valence-electron chi connectivity index (χ3n) is 5.63. The van der Waals surface area contributed by atoms with E-state index in [2.05, 4.69) is 20.1 Å². The number of nitrogens with one attached hydrogen (secondary N) is 1. The molecule has 0 aromatic carbocycles. The number of likely N-dealkylation sites (tertiary alicyclic amines) is 1. The predicted molar refractivity (Wildman–Crippen MR) is 113 cm³/mol. The smallest absolute Gasteiger partial charge is 0.246 e. The van der Waals surface area contributed by atoms with E-state index in [9.17, 15) is 9.59 Å². The quantitative estimate of drug-likeness (QED) is 0.563. The number of piperazine rings is 1. The van der Waals surface area contributed by atoms with E-state index in [1.54, 1.807) is 7.11 Å². The lowest BCUT2D eigenvalue weighted by Gasteiger charge is -2.37. The summed E-state index contributed by atoms with van der Waals surface area (Å²) in [7, 11) is 1.60. The number of amides is 2. The Kier molecular flexibility index (Phi) is 8.85. The molecular formula is C21H33N5O4. The number of anilines is 1. The number of hydrogen-bond donors (Lipinski definition) is 1. The molecule has 0 saturated carbocycles. The van der Waals surface area contributed by atoms with Crippen molar-refractivity contribution in [3.8, 4) is 0 Å². The van der Waals surface area contributed by atoms with Crippen LogP contribution < -0.4 is 10.2 Å². The Balaban J connectivity index is 1.31. The number of carbonyl (C=O) groups is 2. The van der Waals surface area contributed by atoms with Gasteiger partial charge in [-0.05, 0) is 25.0 Å². The van der Waals surface area contributed by atoms with Crippen molar-refractivity contribution in [2.24, 2.45) is 0 Å². The van der Waals surface area contributed by atoms with Gasteiger partial charge in [0.15, 0.2) is 0 Å². The Hall–Kier alpha value is -2.23. The van der Waals surface area contributed by atoms with E-state index in [0.29, 0.717) is 32.8 Å². The third-order valence-corrected chi connectivity index (χ3v) is 5.63. The summed E-state index contributed by atoms with van der Waals surface area (Å²) in [5.41, 5.74) is 1.19. The number of ether oxygens (including phenoxy) is 2. The van der Waals surface area contributed by atoms with E-state index in [1.165, 1.54) is 5.69 Å². The molecule has 0 spiro atoms. The zero-order valence-electron chi connectivity index (χ0n) is 17.8. The zero-order chi connectivity index (χ0) is 21.2. The lowest BCUT2D eigenvalue weighted by atomic mass is 10.1. The highest BCUT2D eigenvalue weighted by Gasteiger charge is 2.26. The summed E-state index contributed by atoms with van der Waals surface area (Å²) in [5, 5.41) is 2.74. The largest absolute Gasteiger partial charge is 0.383 e. The van der Waals surface area contributed by atoms with E-state index in [4.69, 9.17) is 9.47 Å². The number of methoxy groups -OCH3 is 1. The fraction of sp³-hybridized carbons (Fsp3) is 0.667. The van der Waals surface area contributed by atoms with Crippen molar-refractivity contribution in [1.29, 1.82) is 0 Å². The average molecular weight is 420 g/mol. The molecule has 2 saturated heterocycles. The number of hydrogen-bond acceptors (Lipinski definition) is 7. The summed E-state index contributed by atoms with van der Waals surface area (Å²) in [6.45, 7) is 6.48. The van der Waals surface area contributed by atoms with Gasteiger partial charge in [0.2, 0.25) is 11.8 Å². The molecule has 3 heterocycles. The Morgan fingerprint density at radius 2 is 1.80 bits per heavy atom. The number of aromatic nitrogens is 1. The molecule has 0 atom stereocenters. The average Bonchev–Trinajstić information content (AvgIpc) is 2.79. The van der Waals surface area contributed by atoms with E-state index < -0.39 is 0 Å². The maximum Gasteiger partial charge on any atom is 0.246 e. The highest BCUT2D eigenvalue weighted by molar-refractivity contribution is 5.78. The minimum atomic E-state index is -0.128. The van der Waals surface area contributed by atoms with Crippen molar-refractivity contribution >= 4 is 17.5 Å². The molecule has 1 N–H and O–H groups in total. The van der Waals surface area contributed by atoms with Crippen LogP contribution in [0.3, 0.4) is 0 Å². The van der Waals surface area contributed by atoms with Crippen LogP contribution in [0.4, 0.5) is 5.69 Å². The molecule has 0 aliphatic carbocycles. The van der Waals surface area contributed by atoms with Crippen molar-refractivity contribution in [3.63, 3.8) is 0 Å². The molecule has 0 radical (unpaired) electrons. The van der Waals surface area contributed by atoms with E-state index >= 15 is 0 Å². The minimum Gasteiger partial charge on any atom is -0.383 e. The van der Waals surface area contributed by atoms with Crippen LogP contribution in [-0.4, -0.2) is 105 Å². The Morgan fingerprint density at radius 3 is 2.47 bits per heavy atom. The number of pyridine rings is 1. The van der Waals surface area contributed by atoms with Crippen molar-refractivity contribution < 1.29 is 19.1 Å². The molecule has 2 aliphatic rings. The van der Waals surface area contributed by atoms with Crippen LogP contribution >= 0.6 is 0 Å². The molecule has 3 rings (SSSR count). The van der Waals surface area contributed by atoms with Gasteiger partial charge < -0.3 is 24.6 Å². The summed E-state index contributed by atoms with van der Waals surface area (Å²) < 4.78 is 10.6. The van der Waals surface area contributed by atoms with Crippen LogP contribution in [0.2, 0.25) is 0 Å². The van der Waals surface area contributed by atoms with Crippen molar-refractivity contribution in [3.05, 3.63) is 24.5 Å². The van der Waals surface area contributed by atoms with Crippen LogP contribution in [0.15, 0.2) is 24.5 Å². The van der Waals surface area contributed by atoms with Crippen LogP contribution in [-0.2, 0) is 19.1 Å². The molecule has 0 unspecified atom stereocenters. The lowest BCUT2D eigenvalue weighted by molar-refractivity contribution is -0.137. The second-order valence-corrected chi connectivity index (χ2v) is 7.70. The monoisotopic (exact) mass is 419 g/mol. The predicted octanol–water partition coefficient (Wildman–Crippen LogP) is -0.0262. The first-order chi connectivity index (χ1) is 14.7. The number of nitrogens with zero attached hydrogens (tertiary/aromatic N) is 4. The fourth-order valence-electron chi connectivity index (χ4n) is 3.82. The normalized spacial score (nSPS) is 18.4. The molecule has 9 heteroatoms. The standard InChI is InChI=1S/C21H33N5O4/c1-29-15-8-23-20(27)17-30-19-4-9-26(10-5-19)21(28)16-24-11-13-25(14-12-24)18-2-6-22-7-3-18/h2-3,6-7,19H,4-5,8-17H2,1H3,(H,23,27). The second kappa shape index (κ2) is 11.8. The Morgan fingerprint density at radius 1 is 1.10 bits per heavy atom. The van der Waals surface area contributed by atoms with E-state index in [0.717, 1.165) is 39.0 Å². The Bertz CT molecular complexity index is 659. The SMILES string of the molecule is COCCNC(=O)COC1CCN(C(=O)CN2CCN(c3ccncc3)CC2)CC1. The van der Waals surface area contributed by atoms with Gasteiger partial charge in [0.1, 0.15) is 6.61 Å². The van der Waals surface area contributed by atoms with E-state index in [1.807, 2.05) is 29.4 Å². The van der Waals surface area contributed by atoms with Crippen molar-refractivity contribution in [2.75, 3.05) is 77.6 Å². The molecule has 1 aromatic heterocycles. The van der Waals surface area contributed by atoms with Gasteiger partial charge in [-0.1, -0.05) is 0 Å². The van der Waals surface area contributed by atoms with Gasteiger partial charge in [0.05, 0.1) is 19.3 Å². The maximum absolute atomic E-state index is 12.7. The minimum absolute atomic E-state index is 0.0335. The molecule has 1 aromatic rings. The molecular weight excluding hydrogens is 386 g/mol. The van der Waals surface area contributed by atoms with Gasteiger partial charge in [0.25, 0.3) is 0 Å². The topological polar surface area (TPSA) is 87.2 Å². The second-order valence-electron chi connectivity index (χ2n) is 7.70. The summed E-state index contributed by atoms with van der Waals surface area (Å²) in [5.74, 6) is 0.0552. The first kappa shape index (κ1) is 22.5. The summed E-state index contributed by atoms with van der Waals surface area (Å²) in [6.07, 6.45) is 5.20. The molecule has 2 amide bonds. The molecule has 30 heavy (non-hydrogen) atoms. The van der Waals surface area contributed by atoms with Gasteiger partial charge in [-0.3, -0.25) is 19.5 Å². The lowest BCUT2D eigenvalue weighted by Crippen LogP contribution is -2.51. The molecule has 0 bridgehead atoms. The van der Waals surface area contributed by atoms with Crippen LogP contribution in [0, 0.1) is 0 Å². The van der Waals surface area contributed by atoms with Gasteiger partial charge in [-0.25, -0.2) is 0 Å². The number of rotatable bonds is 9. The van der Waals surface area contributed by atoms with Crippen LogP contribution in [0.25, 0.3) is 0 Å². The Labute approximate surface area is 178 Å². The first-order valence-electron chi connectivity index (χ1n) is 10.7. The molecule has 2 aliphatic heterocycles. The highest BCUT2D eigenvalue weighted by Crippen LogP contribution is 2.16. The first-order valence-corrected chi connectivity index (χ1v) is 10.7. The molecule has 166 valence electrons. The van der Waals surface area contributed by atoms with Crippen LogP contribution in [0.1, 0.15) is 12.8 Å².